The molecule has 1 heterocycles. The Hall–Kier alpha value is -0.960. The van der Waals surface area contributed by atoms with Gasteiger partial charge in [-0.3, -0.25) is 4.79 Å². The molecule has 0 radical (unpaired) electrons. The summed E-state index contributed by atoms with van der Waals surface area (Å²) in [5, 5.41) is 9.71. The molecule has 2 nitrogen and oxygen atoms in total. The van der Waals surface area contributed by atoms with Crippen molar-refractivity contribution in [2.45, 2.75) is 48.8 Å². The van der Waals surface area contributed by atoms with Crippen LogP contribution in [0, 0.1) is 0 Å². The van der Waals surface area contributed by atoms with E-state index >= 15 is 0 Å². The first-order chi connectivity index (χ1) is 8.74. The molecule has 0 amide bonds. The molecule has 0 spiro atoms. The zero-order valence-electron chi connectivity index (χ0n) is 10.4. The first kappa shape index (κ1) is 12.1. The van der Waals surface area contributed by atoms with Crippen LogP contribution in [0.15, 0.2) is 23.1 Å². The third-order valence-corrected chi connectivity index (χ3v) is 5.58. The molecule has 3 heteroatoms. The van der Waals surface area contributed by atoms with Gasteiger partial charge >= 0.3 is 5.97 Å². The molecular weight excluding hydrogens is 244 g/mol. The van der Waals surface area contributed by atoms with Gasteiger partial charge in [0.2, 0.25) is 0 Å². The first-order valence-corrected chi connectivity index (χ1v) is 7.71. The van der Waals surface area contributed by atoms with Crippen molar-refractivity contribution < 1.29 is 9.90 Å². The highest BCUT2D eigenvalue weighted by molar-refractivity contribution is 7.99. The maximum absolute atomic E-state index is 11.8. The molecule has 1 aliphatic carbocycles. The fourth-order valence-electron chi connectivity index (χ4n) is 3.34. The molecule has 0 atom stereocenters. The second-order valence-corrected chi connectivity index (χ2v) is 6.45. The molecule has 1 fully saturated rings. The van der Waals surface area contributed by atoms with Crippen molar-refractivity contribution in [3.63, 3.8) is 0 Å². The van der Waals surface area contributed by atoms with Gasteiger partial charge in [0.15, 0.2) is 0 Å². The largest absolute Gasteiger partial charge is 0.481 e. The molecule has 1 aliphatic heterocycles. The normalized spacial score (nSPS) is 21.6. The zero-order chi connectivity index (χ0) is 12.6. The minimum absolute atomic E-state index is 0.602. The van der Waals surface area contributed by atoms with E-state index in [0.717, 1.165) is 43.4 Å². The van der Waals surface area contributed by atoms with E-state index in [2.05, 4.69) is 12.1 Å². The molecule has 0 bridgehead atoms. The second kappa shape index (κ2) is 4.61. The highest BCUT2D eigenvalue weighted by Crippen LogP contribution is 2.47. The van der Waals surface area contributed by atoms with Gasteiger partial charge in [0.25, 0.3) is 0 Å². The molecule has 0 saturated heterocycles. The van der Waals surface area contributed by atoms with E-state index < -0.39 is 11.4 Å². The summed E-state index contributed by atoms with van der Waals surface area (Å²) in [5.74, 6) is 0.499. The Morgan fingerprint density at radius 2 is 2.00 bits per heavy atom. The van der Waals surface area contributed by atoms with Crippen molar-refractivity contribution in [3.8, 4) is 0 Å². The second-order valence-electron chi connectivity index (χ2n) is 5.34. The number of thioether (sulfide) groups is 1. The summed E-state index contributed by atoms with van der Waals surface area (Å²) in [6.07, 6.45) is 6.01. The van der Waals surface area contributed by atoms with Crippen LogP contribution in [-0.2, 0) is 16.6 Å². The number of carboxylic acid groups (broad SMARTS) is 1. The number of carboxylic acids is 1. The third-order valence-electron chi connectivity index (χ3n) is 4.32. The summed E-state index contributed by atoms with van der Waals surface area (Å²) in [6.45, 7) is 0. The smallest absolute Gasteiger partial charge is 0.314 e. The van der Waals surface area contributed by atoms with Gasteiger partial charge < -0.3 is 5.11 Å². The topological polar surface area (TPSA) is 37.3 Å². The summed E-state index contributed by atoms with van der Waals surface area (Å²) in [4.78, 5) is 13.1. The number of aryl methyl sites for hydroxylation is 1. The Kier molecular flexibility index (Phi) is 3.10. The lowest BCUT2D eigenvalue weighted by molar-refractivity contribution is -0.143. The van der Waals surface area contributed by atoms with Gasteiger partial charge in [0.1, 0.15) is 0 Å². The van der Waals surface area contributed by atoms with Crippen LogP contribution in [0.3, 0.4) is 0 Å². The molecular formula is C15H18O2S. The quantitative estimate of drug-likeness (QED) is 0.884. The van der Waals surface area contributed by atoms with Crippen molar-refractivity contribution in [3.05, 3.63) is 29.3 Å². The maximum atomic E-state index is 11.8. The molecule has 3 rings (SSSR count). The summed E-state index contributed by atoms with van der Waals surface area (Å²) in [7, 11) is 0. The lowest BCUT2D eigenvalue weighted by Gasteiger charge is -2.29. The van der Waals surface area contributed by atoms with Crippen molar-refractivity contribution in [2.24, 2.45) is 0 Å². The number of hydrogen-bond acceptors (Lipinski definition) is 2. The maximum Gasteiger partial charge on any atom is 0.314 e. The average molecular weight is 262 g/mol. The van der Waals surface area contributed by atoms with Crippen molar-refractivity contribution in [1.82, 2.24) is 0 Å². The number of carbonyl (C=O) groups is 1. The minimum Gasteiger partial charge on any atom is -0.481 e. The van der Waals surface area contributed by atoms with Crippen molar-refractivity contribution in [1.29, 1.82) is 0 Å². The van der Waals surface area contributed by atoms with E-state index in [1.165, 1.54) is 16.9 Å². The molecule has 0 aromatic heterocycles. The van der Waals surface area contributed by atoms with Crippen molar-refractivity contribution >= 4 is 17.7 Å². The van der Waals surface area contributed by atoms with Crippen LogP contribution in [0.5, 0.6) is 0 Å². The van der Waals surface area contributed by atoms with Crippen LogP contribution in [0.4, 0.5) is 0 Å². The van der Waals surface area contributed by atoms with Gasteiger partial charge in [0.05, 0.1) is 5.41 Å². The van der Waals surface area contributed by atoms with E-state index in [4.69, 9.17) is 0 Å². The number of benzene rings is 1. The van der Waals surface area contributed by atoms with E-state index in [1.807, 2.05) is 17.8 Å². The first-order valence-electron chi connectivity index (χ1n) is 6.73. The Morgan fingerprint density at radius 1 is 1.22 bits per heavy atom. The predicted octanol–water partition coefficient (Wildman–Crippen LogP) is 3.62. The molecule has 1 saturated carbocycles. The van der Waals surface area contributed by atoms with E-state index in [9.17, 15) is 9.90 Å². The van der Waals surface area contributed by atoms with Gasteiger partial charge in [-0.1, -0.05) is 31.0 Å². The minimum atomic E-state index is -0.625. The van der Waals surface area contributed by atoms with Crippen LogP contribution < -0.4 is 0 Å². The monoisotopic (exact) mass is 262 g/mol. The van der Waals surface area contributed by atoms with Gasteiger partial charge in [-0.05, 0) is 42.6 Å². The molecule has 1 aromatic rings. The average Bonchev–Trinajstić information content (AvgIpc) is 2.88. The van der Waals surface area contributed by atoms with Crippen molar-refractivity contribution in [2.75, 3.05) is 5.75 Å². The van der Waals surface area contributed by atoms with Gasteiger partial charge in [0, 0.05) is 4.90 Å². The predicted molar refractivity (Wildman–Crippen MR) is 73.3 cm³/mol. The number of fused-ring (bicyclic) bond motifs is 1. The highest BCUT2D eigenvalue weighted by atomic mass is 32.2. The fraction of sp³-hybridized carbons (Fsp3) is 0.533. The Balaban J connectivity index is 2.13. The van der Waals surface area contributed by atoms with Crippen LogP contribution in [0.2, 0.25) is 0 Å². The fourth-order valence-corrected chi connectivity index (χ4v) is 4.61. The Labute approximate surface area is 112 Å². The Morgan fingerprint density at radius 3 is 2.72 bits per heavy atom. The molecule has 2 aliphatic rings. The van der Waals surface area contributed by atoms with Crippen LogP contribution >= 0.6 is 11.8 Å². The van der Waals surface area contributed by atoms with E-state index in [0.29, 0.717) is 0 Å². The van der Waals surface area contributed by atoms with Crippen LogP contribution in [-0.4, -0.2) is 16.8 Å². The number of hydrogen-bond donors (Lipinski definition) is 1. The number of aliphatic carboxylic acids is 1. The van der Waals surface area contributed by atoms with E-state index in [1.54, 1.807) is 0 Å². The lowest BCUT2D eigenvalue weighted by Crippen LogP contribution is -2.33. The van der Waals surface area contributed by atoms with Crippen LogP contribution in [0.1, 0.15) is 43.2 Å². The molecule has 1 aromatic carbocycles. The summed E-state index contributed by atoms with van der Waals surface area (Å²) < 4.78 is 0. The molecule has 0 unspecified atom stereocenters. The van der Waals surface area contributed by atoms with Gasteiger partial charge in [-0.15, -0.1) is 11.8 Å². The lowest BCUT2D eigenvalue weighted by atomic mass is 9.78. The zero-order valence-corrected chi connectivity index (χ0v) is 11.3. The van der Waals surface area contributed by atoms with Gasteiger partial charge in [-0.2, -0.15) is 0 Å². The van der Waals surface area contributed by atoms with E-state index in [-0.39, 0.29) is 0 Å². The molecule has 96 valence electrons. The summed E-state index contributed by atoms with van der Waals surface area (Å²) >= 11 is 1.85. The summed E-state index contributed by atoms with van der Waals surface area (Å²) in [5.41, 5.74) is 1.85. The molecule has 1 N–H and O–H groups in total. The standard InChI is InChI=1S/C15H18O2S/c16-14(17)15(8-1-2-9-15)12-7-3-5-11-6-4-10-18-13(11)12/h3,5,7H,1-2,4,6,8-10H2,(H,16,17). The van der Waals surface area contributed by atoms with Gasteiger partial charge in [-0.25, -0.2) is 0 Å². The Bertz CT molecular complexity index is 475. The molecule has 18 heavy (non-hydrogen) atoms. The van der Waals surface area contributed by atoms with Crippen LogP contribution in [0.25, 0.3) is 0 Å². The SMILES string of the molecule is O=C(O)C1(c2cccc3c2SCCC3)CCCC1. The summed E-state index contributed by atoms with van der Waals surface area (Å²) in [6, 6.07) is 6.26. The highest BCUT2D eigenvalue weighted by Gasteiger charge is 2.44. The number of rotatable bonds is 2. The third kappa shape index (κ3) is 1.76.